The van der Waals surface area contributed by atoms with E-state index >= 15 is 0 Å². The molecule has 0 aromatic heterocycles. The molecule has 4 N–H and O–H groups in total. The lowest BCUT2D eigenvalue weighted by atomic mass is 10.1. The average molecular weight is 190 g/mol. The Labute approximate surface area is 71.5 Å². The van der Waals surface area contributed by atoms with Crippen molar-refractivity contribution >= 4 is 17.9 Å². The number of aliphatic carboxylic acids is 3. The Hall–Kier alpha value is -2.05. The van der Waals surface area contributed by atoms with Gasteiger partial charge in [-0.25, -0.2) is 9.59 Å². The first-order valence-corrected chi connectivity index (χ1v) is 2.96. The summed E-state index contributed by atoms with van der Waals surface area (Å²) in [5.74, 6) is -6.65. The number of carbonyl (C=O) groups is 3. The van der Waals surface area contributed by atoms with Crippen molar-refractivity contribution in [3.8, 4) is 0 Å². The largest absolute Gasteiger partial charge is 0.501 e. The number of rotatable bonds is 4. The molecular weight excluding hydrogens is 184 g/mol. The maximum absolute atomic E-state index is 10.2. The molecule has 0 heterocycles. The first kappa shape index (κ1) is 11.0. The van der Waals surface area contributed by atoms with E-state index in [1.54, 1.807) is 0 Å². The normalized spacial score (nSPS) is 11.7. The van der Waals surface area contributed by atoms with Crippen LogP contribution in [-0.4, -0.2) is 38.3 Å². The van der Waals surface area contributed by atoms with Crippen LogP contribution in [0.4, 0.5) is 0 Å². The summed E-state index contributed by atoms with van der Waals surface area (Å²) >= 11 is 0. The molecule has 0 unspecified atom stereocenters. The molecule has 0 aromatic carbocycles. The topological polar surface area (TPSA) is 132 Å². The molecule has 0 aliphatic carbocycles. The quantitative estimate of drug-likeness (QED) is 0.345. The third-order valence-electron chi connectivity index (χ3n) is 1.07. The van der Waals surface area contributed by atoms with E-state index in [2.05, 4.69) is 0 Å². The fourth-order valence-electron chi connectivity index (χ4n) is 0.541. The number of carboxylic acids is 3. The van der Waals surface area contributed by atoms with Gasteiger partial charge in [0.1, 0.15) is 0 Å². The number of carboxylic acid groups (broad SMARTS) is 3. The van der Waals surface area contributed by atoms with E-state index < -0.39 is 35.7 Å². The molecule has 13 heavy (non-hydrogen) atoms. The van der Waals surface area contributed by atoms with Gasteiger partial charge < -0.3 is 20.4 Å². The Morgan fingerprint density at radius 3 is 1.54 bits per heavy atom. The SMILES string of the molecule is O=C(O)CC(C(=O)O)=C(O)C(=O)O. The maximum Gasteiger partial charge on any atom is 0.371 e. The molecule has 0 rings (SSSR count). The molecule has 0 saturated carbocycles. The van der Waals surface area contributed by atoms with Crippen LogP contribution in [0.2, 0.25) is 0 Å². The highest BCUT2D eigenvalue weighted by Crippen LogP contribution is 2.07. The third-order valence-corrected chi connectivity index (χ3v) is 1.07. The summed E-state index contributed by atoms with van der Waals surface area (Å²) in [5, 5.41) is 33.3. The van der Waals surface area contributed by atoms with Gasteiger partial charge in [0.2, 0.25) is 5.76 Å². The third kappa shape index (κ3) is 3.23. The van der Waals surface area contributed by atoms with Gasteiger partial charge in [0.15, 0.2) is 0 Å². The molecule has 0 aliphatic heterocycles. The standard InChI is InChI=1S/C6H6O7/c7-3(8)1-2(5(10)11)4(9)6(12)13/h9H,1H2,(H,7,8)(H,10,11)(H,12,13). The molecule has 7 nitrogen and oxygen atoms in total. The van der Waals surface area contributed by atoms with E-state index in [0.29, 0.717) is 0 Å². The fraction of sp³-hybridized carbons (Fsp3) is 0.167. The summed E-state index contributed by atoms with van der Waals surface area (Å²) in [7, 11) is 0. The number of aliphatic hydroxyl groups is 1. The minimum absolute atomic E-state index is 1.05. The van der Waals surface area contributed by atoms with E-state index in [-0.39, 0.29) is 0 Å². The highest BCUT2D eigenvalue weighted by atomic mass is 16.4. The second kappa shape index (κ2) is 4.10. The van der Waals surface area contributed by atoms with Gasteiger partial charge >= 0.3 is 17.9 Å². The highest BCUT2D eigenvalue weighted by molar-refractivity contribution is 5.99. The Morgan fingerprint density at radius 1 is 0.846 bits per heavy atom. The number of hydrogen-bond acceptors (Lipinski definition) is 4. The molecule has 0 aromatic rings. The zero-order chi connectivity index (χ0) is 10.6. The minimum atomic E-state index is -1.88. The minimum Gasteiger partial charge on any atom is -0.501 e. The molecule has 0 atom stereocenters. The summed E-state index contributed by atoms with van der Waals surface area (Å²) in [6, 6.07) is 0. The zero-order valence-corrected chi connectivity index (χ0v) is 6.22. The van der Waals surface area contributed by atoms with Gasteiger partial charge in [-0.05, 0) is 0 Å². The van der Waals surface area contributed by atoms with Crippen LogP contribution >= 0.6 is 0 Å². The van der Waals surface area contributed by atoms with Crippen molar-refractivity contribution in [3.05, 3.63) is 11.3 Å². The highest BCUT2D eigenvalue weighted by Gasteiger charge is 2.21. The van der Waals surface area contributed by atoms with E-state index in [4.69, 9.17) is 20.4 Å². The second-order valence-electron chi connectivity index (χ2n) is 2.01. The van der Waals surface area contributed by atoms with Crippen molar-refractivity contribution in [2.75, 3.05) is 0 Å². The summed E-state index contributed by atoms with van der Waals surface area (Å²) in [6.07, 6.45) is -1.05. The van der Waals surface area contributed by atoms with Crippen molar-refractivity contribution in [3.63, 3.8) is 0 Å². The first-order chi connectivity index (χ1) is 5.86. The van der Waals surface area contributed by atoms with Gasteiger partial charge in [-0.3, -0.25) is 4.79 Å². The van der Waals surface area contributed by atoms with Crippen LogP contribution in [0.3, 0.4) is 0 Å². The van der Waals surface area contributed by atoms with Crippen molar-refractivity contribution < 1.29 is 34.8 Å². The van der Waals surface area contributed by atoms with E-state index in [1.807, 2.05) is 0 Å². The van der Waals surface area contributed by atoms with E-state index in [0.717, 1.165) is 0 Å². The molecular formula is C6H6O7. The maximum atomic E-state index is 10.2. The Kier molecular flexibility index (Phi) is 3.45. The molecule has 0 saturated heterocycles. The lowest BCUT2D eigenvalue weighted by Crippen LogP contribution is -2.14. The van der Waals surface area contributed by atoms with Gasteiger partial charge in [-0.15, -0.1) is 0 Å². The zero-order valence-electron chi connectivity index (χ0n) is 6.22. The monoisotopic (exact) mass is 190 g/mol. The lowest BCUT2D eigenvalue weighted by Gasteiger charge is -1.99. The molecule has 0 aliphatic rings. The van der Waals surface area contributed by atoms with Crippen molar-refractivity contribution in [2.45, 2.75) is 6.42 Å². The fourth-order valence-corrected chi connectivity index (χ4v) is 0.541. The number of hydrogen-bond donors (Lipinski definition) is 4. The lowest BCUT2D eigenvalue weighted by molar-refractivity contribution is -0.141. The van der Waals surface area contributed by atoms with Gasteiger partial charge in [-0.1, -0.05) is 0 Å². The van der Waals surface area contributed by atoms with Crippen LogP contribution in [0.15, 0.2) is 11.3 Å². The predicted molar refractivity (Wildman–Crippen MR) is 37.2 cm³/mol. The van der Waals surface area contributed by atoms with Crippen LogP contribution in [0.1, 0.15) is 6.42 Å². The molecule has 7 heteroatoms. The van der Waals surface area contributed by atoms with Crippen molar-refractivity contribution in [2.24, 2.45) is 0 Å². The molecule has 0 spiro atoms. The average Bonchev–Trinajstić information content (AvgIpc) is 1.97. The second-order valence-corrected chi connectivity index (χ2v) is 2.01. The van der Waals surface area contributed by atoms with Gasteiger partial charge in [0, 0.05) is 0 Å². The summed E-state index contributed by atoms with van der Waals surface area (Å²) in [4.78, 5) is 30.3. The molecule has 0 fully saturated rings. The molecule has 0 amide bonds. The molecule has 72 valence electrons. The van der Waals surface area contributed by atoms with E-state index in [9.17, 15) is 14.4 Å². The van der Waals surface area contributed by atoms with Gasteiger partial charge in [0.05, 0.1) is 12.0 Å². The van der Waals surface area contributed by atoms with Crippen LogP contribution in [0.5, 0.6) is 0 Å². The predicted octanol–water partition coefficient (Wildman–Crippen LogP) is -0.558. The van der Waals surface area contributed by atoms with Crippen LogP contribution < -0.4 is 0 Å². The van der Waals surface area contributed by atoms with Crippen molar-refractivity contribution in [1.29, 1.82) is 0 Å². The molecule has 0 bridgehead atoms. The smallest absolute Gasteiger partial charge is 0.371 e. The Bertz CT molecular complexity index is 287. The van der Waals surface area contributed by atoms with E-state index in [1.165, 1.54) is 0 Å². The number of aliphatic hydroxyl groups excluding tert-OH is 1. The first-order valence-electron chi connectivity index (χ1n) is 2.96. The van der Waals surface area contributed by atoms with Crippen LogP contribution in [0, 0.1) is 0 Å². The Morgan fingerprint density at radius 2 is 1.31 bits per heavy atom. The van der Waals surface area contributed by atoms with Gasteiger partial charge in [0.25, 0.3) is 0 Å². The summed E-state index contributed by atoms with van der Waals surface area (Å²) < 4.78 is 0. The van der Waals surface area contributed by atoms with Crippen molar-refractivity contribution in [1.82, 2.24) is 0 Å². The van der Waals surface area contributed by atoms with Crippen LogP contribution in [0.25, 0.3) is 0 Å². The summed E-state index contributed by atoms with van der Waals surface area (Å²) in [6.45, 7) is 0. The molecule has 0 radical (unpaired) electrons. The van der Waals surface area contributed by atoms with Crippen LogP contribution in [-0.2, 0) is 14.4 Å². The Balaban J connectivity index is 5.00. The van der Waals surface area contributed by atoms with Gasteiger partial charge in [-0.2, -0.15) is 0 Å². The summed E-state index contributed by atoms with van der Waals surface area (Å²) in [5.41, 5.74) is -1.06.